The molecule has 2 aromatic heterocycles. The van der Waals surface area contributed by atoms with Crippen molar-refractivity contribution in [2.45, 2.75) is 0 Å². The molecule has 6 aromatic carbocycles. The number of halogens is 1. The minimum atomic E-state index is 0.906. The third kappa shape index (κ3) is 3.62. The van der Waals surface area contributed by atoms with Gasteiger partial charge in [-0.05, 0) is 82.9 Å². The summed E-state index contributed by atoms with van der Waals surface area (Å²) < 4.78 is 9.62. The Morgan fingerprint density at radius 3 is 1.44 bits per heavy atom. The zero-order valence-electron chi connectivity index (χ0n) is 20.9. The molecule has 0 unspecified atom stereocenters. The van der Waals surface area contributed by atoms with Gasteiger partial charge in [-0.1, -0.05) is 88.7 Å². The van der Waals surface area contributed by atoms with Crippen LogP contribution in [0.15, 0.2) is 142 Å². The molecule has 0 radical (unpaired) electrons. The van der Waals surface area contributed by atoms with Crippen LogP contribution in [0, 0.1) is 0 Å². The summed E-state index contributed by atoms with van der Waals surface area (Å²) >= 11 is 3.53. The molecule has 2 heterocycles. The highest BCUT2D eigenvalue weighted by atomic mass is 79.9. The van der Waals surface area contributed by atoms with Gasteiger partial charge in [0.1, 0.15) is 11.2 Å². The first-order valence-electron chi connectivity index (χ1n) is 13.0. The Balaban J connectivity index is 1.22. The number of nitrogens with zero attached hydrogens (tertiary/aromatic N) is 1. The van der Waals surface area contributed by atoms with E-state index < -0.39 is 0 Å². The van der Waals surface area contributed by atoms with Crippen molar-refractivity contribution in [1.29, 1.82) is 0 Å². The maximum Gasteiger partial charge on any atom is 0.135 e. The molecule has 8 rings (SSSR count). The quantitative estimate of drug-likeness (QED) is 0.209. The molecule has 0 aliphatic rings. The highest BCUT2D eigenvalue weighted by molar-refractivity contribution is 9.10. The lowest BCUT2D eigenvalue weighted by atomic mass is 10.00. The lowest BCUT2D eigenvalue weighted by Gasteiger charge is -2.09. The number of hydrogen-bond acceptors (Lipinski definition) is 1. The van der Waals surface area contributed by atoms with E-state index in [-0.39, 0.29) is 0 Å². The third-order valence-electron chi connectivity index (χ3n) is 7.69. The Morgan fingerprint density at radius 1 is 0.436 bits per heavy atom. The van der Waals surface area contributed by atoms with E-state index in [4.69, 9.17) is 4.42 Å². The maximum atomic E-state index is 6.19. The molecule has 2 nitrogen and oxygen atoms in total. The number of hydrogen-bond donors (Lipinski definition) is 0. The van der Waals surface area contributed by atoms with Gasteiger partial charge < -0.3 is 8.98 Å². The van der Waals surface area contributed by atoms with Gasteiger partial charge >= 0.3 is 0 Å². The summed E-state index contributed by atoms with van der Waals surface area (Å²) in [5, 5.41) is 4.82. The van der Waals surface area contributed by atoms with Gasteiger partial charge in [-0.15, -0.1) is 0 Å². The van der Waals surface area contributed by atoms with Crippen molar-refractivity contribution in [3.63, 3.8) is 0 Å². The van der Waals surface area contributed by atoms with E-state index in [1.54, 1.807) is 0 Å². The third-order valence-corrected chi connectivity index (χ3v) is 8.21. The minimum absolute atomic E-state index is 0.906. The van der Waals surface area contributed by atoms with Crippen LogP contribution in [0.4, 0.5) is 0 Å². The van der Waals surface area contributed by atoms with Gasteiger partial charge in [-0.3, -0.25) is 0 Å². The van der Waals surface area contributed by atoms with E-state index in [0.29, 0.717) is 0 Å². The van der Waals surface area contributed by atoms with E-state index in [1.807, 2.05) is 0 Å². The van der Waals surface area contributed by atoms with Crippen molar-refractivity contribution in [2.24, 2.45) is 0 Å². The van der Waals surface area contributed by atoms with Gasteiger partial charge in [0.05, 0.1) is 11.0 Å². The largest absolute Gasteiger partial charge is 0.456 e. The lowest BCUT2D eigenvalue weighted by Crippen LogP contribution is -1.93. The van der Waals surface area contributed by atoms with Gasteiger partial charge in [0.15, 0.2) is 0 Å². The van der Waals surface area contributed by atoms with Crippen LogP contribution in [0.1, 0.15) is 0 Å². The fourth-order valence-electron chi connectivity index (χ4n) is 5.78. The number of furan rings is 1. The molecular formula is C36H22BrNO. The average Bonchev–Trinajstić information content (AvgIpc) is 3.53. The molecule has 184 valence electrons. The molecular weight excluding hydrogens is 542 g/mol. The number of fused-ring (bicyclic) bond motifs is 6. The zero-order valence-corrected chi connectivity index (χ0v) is 22.5. The molecule has 0 spiro atoms. The first kappa shape index (κ1) is 22.4. The molecule has 0 aliphatic heterocycles. The number of para-hydroxylation sites is 2. The molecule has 0 amide bonds. The van der Waals surface area contributed by atoms with Gasteiger partial charge in [0.2, 0.25) is 0 Å². The van der Waals surface area contributed by atoms with Gasteiger partial charge in [0.25, 0.3) is 0 Å². The number of aromatic nitrogens is 1. The zero-order chi connectivity index (χ0) is 25.9. The van der Waals surface area contributed by atoms with Crippen molar-refractivity contribution >= 4 is 59.7 Å². The van der Waals surface area contributed by atoms with E-state index >= 15 is 0 Å². The highest BCUT2D eigenvalue weighted by Crippen LogP contribution is 2.36. The smallest absolute Gasteiger partial charge is 0.135 e. The van der Waals surface area contributed by atoms with E-state index in [9.17, 15) is 0 Å². The first-order valence-corrected chi connectivity index (χ1v) is 13.8. The molecule has 0 N–H and O–H groups in total. The maximum absolute atomic E-state index is 6.19. The van der Waals surface area contributed by atoms with Crippen molar-refractivity contribution in [1.82, 2.24) is 4.57 Å². The minimum Gasteiger partial charge on any atom is -0.456 e. The van der Waals surface area contributed by atoms with Crippen molar-refractivity contribution in [3.05, 3.63) is 138 Å². The Hall–Kier alpha value is -4.60. The number of benzene rings is 6. The summed E-state index contributed by atoms with van der Waals surface area (Å²) in [6.07, 6.45) is 0. The monoisotopic (exact) mass is 563 g/mol. The molecule has 0 atom stereocenters. The van der Waals surface area contributed by atoms with E-state index in [0.717, 1.165) is 32.1 Å². The molecule has 0 fully saturated rings. The standard InChI is InChI=1S/C36H22BrNO/c37-27-15-9-23(10-16-27)25-13-19-35-31(21-25)32-22-26(14-20-36(32)39-35)24-11-17-28(18-12-24)38-33-7-3-1-5-29(33)30-6-2-4-8-34(30)38/h1-22H. The van der Waals surface area contributed by atoms with Gasteiger partial charge in [0, 0.05) is 31.7 Å². The second kappa shape index (κ2) is 8.72. The van der Waals surface area contributed by atoms with Crippen LogP contribution in [0.5, 0.6) is 0 Å². The Bertz CT molecular complexity index is 2110. The van der Waals surface area contributed by atoms with Crippen molar-refractivity contribution in [3.8, 4) is 27.9 Å². The molecule has 0 saturated heterocycles. The van der Waals surface area contributed by atoms with Gasteiger partial charge in [-0.2, -0.15) is 0 Å². The van der Waals surface area contributed by atoms with Crippen molar-refractivity contribution in [2.75, 3.05) is 0 Å². The van der Waals surface area contributed by atoms with Crippen LogP contribution in [0.3, 0.4) is 0 Å². The molecule has 0 bridgehead atoms. The predicted molar refractivity (Wildman–Crippen MR) is 167 cm³/mol. The number of rotatable bonds is 3. The van der Waals surface area contributed by atoms with Crippen LogP contribution in [-0.4, -0.2) is 4.57 Å². The van der Waals surface area contributed by atoms with Crippen LogP contribution in [0.2, 0.25) is 0 Å². The van der Waals surface area contributed by atoms with Crippen LogP contribution in [0.25, 0.3) is 71.7 Å². The van der Waals surface area contributed by atoms with Crippen LogP contribution in [-0.2, 0) is 0 Å². The second-order valence-corrected chi connectivity index (χ2v) is 10.9. The SMILES string of the molecule is Brc1ccc(-c2ccc3oc4ccc(-c5ccc(-n6c7ccccc7c7ccccc76)cc5)cc4c3c2)cc1. The Morgan fingerprint density at radius 2 is 0.897 bits per heavy atom. The summed E-state index contributed by atoms with van der Waals surface area (Å²) in [7, 11) is 0. The summed E-state index contributed by atoms with van der Waals surface area (Å²) in [5.41, 5.74) is 10.1. The lowest BCUT2D eigenvalue weighted by molar-refractivity contribution is 0.669. The fourth-order valence-corrected chi connectivity index (χ4v) is 6.05. The van der Waals surface area contributed by atoms with Crippen LogP contribution < -0.4 is 0 Å². The molecule has 8 aromatic rings. The fraction of sp³-hybridized carbons (Fsp3) is 0. The van der Waals surface area contributed by atoms with E-state index in [1.165, 1.54) is 44.1 Å². The second-order valence-electron chi connectivity index (χ2n) is 9.95. The Kier molecular flexibility index (Phi) is 5.01. The normalized spacial score (nSPS) is 11.7. The highest BCUT2D eigenvalue weighted by Gasteiger charge is 2.13. The summed E-state index contributed by atoms with van der Waals surface area (Å²) in [5.74, 6) is 0. The summed E-state index contributed by atoms with van der Waals surface area (Å²) in [6, 6.07) is 47.5. The molecule has 0 aliphatic carbocycles. The van der Waals surface area contributed by atoms with Crippen LogP contribution >= 0.6 is 15.9 Å². The topological polar surface area (TPSA) is 18.1 Å². The summed E-state index contributed by atoms with van der Waals surface area (Å²) in [4.78, 5) is 0. The Labute approximate surface area is 233 Å². The van der Waals surface area contributed by atoms with Crippen molar-refractivity contribution < 1.29 is 4.42 Å². The van der Waals surface area contributed by atoms with Gasteiger partial charge in [-0.25, -0.2) is 0 Å². The van der Waals surface area contributed by atoms with E-state index in [2.05, 4.69) is 154 Å². The molecule has 3 heteroatoms. The first-order chi connectivity index (χ1) is 19.2. The summed E-state index contributed by atoms with van der Waals surface area (Å²) in [6.45, 7) is 0. The average molecular weight is 564 g/mol. The predicted octanol–water partition coefficient (Wildman–Crippen LogP) is 10.8. The molecule has 0 saturated carbocycles. The molecule has 39 heavy (non-hydrogen) atoms.